The van der Waals surface area contributed by atoms with E-state index in [2.05, 4.69) is 10.5 Å². The highest BCUT2D eigenvalue weighted by atomic mass is 16.5. The molecule has 0 saturated heterocycles. The molecule has 1 heterocycles. The zero-order valence-electron chi connectivity index (χ0n) is 16.3. The molecule has 1 aromatic heterocycles. The number of benzene rings is 1. The fraction of sp³-hybridized carbons (Fsp3) is 0.421. The number of methoxy groups -OCH3 is 2. The van der Waals surface area contributed by atoms with Crippen molar-refractivity contribution in [1.82, 2.24) is 5.16 Å². The summed E-state index contributed by atoms with van der Waals surface area (Å²) >= 11 is 0. The number of carbonyl (C=O) groups excluding carboxylic acids is 2. The van der Waals surface area contributed by atoms with Gasteiger partial charge in [-0.25, -0.2) is 4.79 Å². The van der Waals surface area contributed by atoms with Crippen molar-refractivity contribution >= 4 is 17.6 Å². The topological polar surface area (TPSA) is 99.9 Å². The van der Waals surface area contributed by atoms with Gasteiger partial charge in [0, 0.05) is 17.7 Å². The van der Waals surface area contributed by atoms with Gasteiger partial charge in [-0.15, -0.1) is 0 Å². The molecule has 2 aromatic rings. The van der Waals surface area contributed by atoms with Gasteiger partial charge in [-0.05, 0) is 26.0 Å². The minimum Gasteiger partial charge on any atom is -0.493 e. The van der Waals surface area contributed by atoms with E-state index in [-0.39, 0.29) is 11.5 Å². The molecule has 8 nitrogen and oxygen atoms in total. The molecule has 0 radical (unpaired) electrons. The largest absolute Gasteiger partial charge is 0.493 e. The van der Waals surface area contributed by atoms with E-state index in [1.54, 1.807) is 25.1 Å². The summed E-state index contributed by atoms with van der Waals surface area (Å²) in [7, 11) is 3.03. The molecule has 0 aliphatic carbocycles. The van der Waals surface area contributed by atoms with E-state index in [9.17, 15) is 9.59 Å². The Bertz CT molecular complexity index is 828. The van der Waals surface area contributed by atoms with Crippen LogP contribution in [-0.2, 0) is 9.53 Å². The highest BCUT2D eigenvalue weighted by Gasteiger charge is 2.27. The van der Waals surface area contributed by atoms with E-state index in [0.717, 1.165) is 0 Å². The van der Waals surface area contributed by atoms with Crippen LogP contribution < -0.4 is 14.8 Å². The van der Waals surface area contributed by atoms with Crippen molar-refractivity contribution in [3.63, 3.8) is 0 Å². The number of aryl methyl sites for hydroxylation is 1. The molecule has 8 heteroatoms. The number of rotatable bonds is 7. The smallest absolute Gasteiger partial charge is 0.344 e. The van der Waals surface area contributed by atoms with Gasteiger partial charge in [0.2, 0.25) is 0 Å². The van der Waals surface area contributed by atoms with Gasteiger partial charge >= 0.3 is 5.97 Å². The summed E-state index contributed by atoms with van der Waals surface area (Å²) in [4.78, 5) is 24.8. The summed E-state index contributed by atoms with van der Waals surface area (Å²) in [6.45, 7) is 6.90. The molecule has 1 aromatic carbocycles. The second-order valence-corrected chi connectivity index (χ2v) is 6.27. The van der Waals surface area contributed by atoms with Gasteiger partial charge in [0.05, 0.1) is 19.9 Å². The van der Waals surface area contributed by atoms with Gasteiger partial charge in [-0.2, -0.15) is 0 Å². The molecular weight excluding hydrogens is 352 g/mol. The number of nitrogens with zero attached hydrogens (tertiary/aromatic N) is 1. The van der Waals surface area contributed by atoms with Gasteiger partial charge in [-0.3, -0.25) is 4.79 Å². The lowest BCUT2D eigenvalue weighted by Gasteiger charge is -2.15. The van der Waals surface area contributed by atoms with E-state index < -0.39 is 18.0 Å². The third-order valence-electron chi connectivity index (χ3n) is 3.92. The molecule has 146 valence electrons. The van der Waals surface area contributed by atoms with Crippen LogP contribution in [0.5, 0.6) is 11.5 Å². The summed E-state index contributed by atoms with van der Waals surface area (Å²) in [5.41, 5.74) is 1.18. The van der Waals surface area contributed by atoms with Gasteiger partial charge in [-0.1, -0.05) is 19.0 Å². The van der Waals surface area contributed by atoms with Crippen LogP contribution in [0.4, 0.5) is 5.69 Å². The van der Waals surface area contributed by atoms with Crippen molar-refractivity contribution in [2.45, 2.75) is 39.7 Å². The molecule has 1 amide bonds. The zero-order chi connectivity index (χ0) is 20.1. The summed E-state index contributed by atoms with van der Waals surface area (Å²) in [6.07, 6.45) is -1.01. The van der Waals surface area contributed by atoms with E-state index in [0.29, 0.717) is 28.6 Å². The van der Waals surface area contributed by atoms with E-state index in [1.807, 2.05) is 13.8 Å². The number of nitrogens with one attached hydrogen (secondary N) is 1. The van der Waals surface area contributed by atoms with Gasteiger partial charge in [0.25, 0.3) is 5.91 Å². The lowest BCUT2D eigenvalue weighted by Crippen LogP contribution is -2.30. The van der Waals surface area contributed by atoms with Crippen LogP contribution in [0.1, 0.15) is 48.5 Å². The zero-order valence-corrected chi connectivity index (χ0v) is 16.3. The Morgan fingerprint density at radius 3 is 2.37 bits per heavy atom. The highest BCUT2D eigenvalue weighted by Crippen LogP contribution is 2.30. The van der Waals surface area contributed by atoms with Crippen molar-refractivity contribution in [1.29, 1.82) is 0 Å². The Morgan fingerprint density at radius 1 is 1.11 bits per heavy atom. The maximum Gasteiger partial charge on any atom is 0.344 e. The number of hydrogen-bond acceptors (Lipinski definition) is 7. The van der Waals surface area contributed by atoms with Crippen LogP contribution in [0.3, 0.4) is 0 Å². The predicted octanol–water partition coefficient (Wildman–Crippen LogP) is 3.31. The summed E-state index contributed by atoms with van der Waals surface area (Å²) < 4.78 is 20.8. The fourth-order valence-corrected chi connectivity index (χ4v) is 2.46. The average molecular weight is 376 g/mol. The first-order valence-corrected chi connectivity index (χ1v) is 8.48. The van der Waals surface area contributed by atoms with Crippen LogP contribution >= 0.6 is 0 Å². The van der Waals surface area contributed by atoms with E-state index >= 15 is 0 Å². The Balaban J connectivity index is 2.08. The quantitative estimate of drug-likeness (QED) is 0.740. The van der Waals surface area contributed by atoms with Crippen molar-refractivity contribution < 1.29 is 28.3 Å². The molecule has 0 unspecified atom stereocenters. The number of ether oxygens (including phenoxy) is 3. The number of esters is 1. The molecule has 2 rings (SSSR count). The molecular formula is C19H24N2O6. The van der Waals surface area contributed by atoms with E-state index in [4.69, 9.17) is 18.7 Å². The fourth-order valence-electron chi connectivity index (χ4n) is 2.46. The number of anilines is 1. The second-order valence-electron chi connectivity index (χ2n) is 6.27. The minimum atomic E-state index is -1.01. The SMILES string of the molecule is COc1ccc(NC(=O)[C@H](C)OC(=O)c2c(C)noc2C(C)C)cc1OC. The molecule has 1 atom stereocenters. The van der Waals surface area contributed by atoms with Crippen LogP contribution in [-0.4, -0.2) is 37.4 Å². The second kappa shape index (κ2) is 8.57. The molecule has 0 fully saturated rings. The van der Waals surface area contributed by atoms with Gasteiger partial charge in [0.15, 0.2) is 23.4 Å². The molecule has 1 N–H and O–H groups in total. The molecule has 0 aliphatic rings. The van der Waals surface area contributed by atoms with Gasteiger partial charge in [0.1, 0.15) is 5.56 Å². The Labute approximate surface area is 157 Å². The standard InChI is InChI=1S/C19H24N2O6/c1-10(2)17-16(11(3)21-27-17)19(23)26-12(4)18(22)20-13-7-8-14(24-5)15(9-13)25-6/h7-10,12H,1-6H3,(H,20,22)/t12-/m0/s1. The number of amides is 1. The Morgan fingerprint density at radius 2 is 1.78 bits per heavy atom. The van der Waals surface area contributed by atoms with Crippen molar-refractivity contribution in [2.75, 3.05) is 19.5 Å². The maximum atomic E-state index is 12.5. The number of hydrogen-bond donors (Lipinski definition) is 1. The molecule has 0 bridgehead atoms. The minimum absolute atomic E-state index is 0.0374. The summed E-state index contributed by atoms with van der Waals surface area (Å²) in [6, 6.07) is 4.95. The lowest BCUT2D eigenvalue weighted by atomic mass is 10.1. The predicted molar refractivity (Wildman–Crippen MR) is 98.4 cm³/mol. The van der Waals surface area contributed by atoms with Crippen molar-refractivity contribution in [2.24, 2.45) is 0 Å². The lowest BCUT2D eigenvalue weighted by molar-refractivity contribution is -0.123. The molecule has 27 heavy (non-hydrogen) atoms. The summed E-state index contributed by atoms with van der Waals surface area (Å²) in [5.74, 6) is 0.290. The Hall–Kier alpha value is -3.03. The number of carbonyl (C=O) groups is 2. The third-order valence-corrected chi connectivity index (χ3v) is 3.92. The Kier molecular flexibility index (Phi) is 6.44. The third kappa shape index (κ3) is 4.58. The van der Waals surface area contributed by atoms with Crippen LogP contribution in [0, 0.1) is 6.92 Å². The first-order valence-electron chi connectivity index (χ1n) is 8.48. The monoisotopic (exact) mass is 376 g/mol. The maximum absolute atomic E-state index is 12.5. The van der Waals surface area contributed by atoms with Crippen molar-refractivity contribution in [3.05, 3.63) is 35.2 Å². The normalized spacial score (nSPS) is 11.8. The van der Waals surface area contributed by atoms with Gasteiger partial charge < -0.3 is 24.1 Å². The van der Waals surface area contributed by atoms with Crippen LogP contribution in [0.2, 0.25) is 0 Å². The molecule has 0 spiro atoms. The van der Waals surface area contributed by atoms with E-state index in [1.165, 1.54) is 21.1 Å². The van der Waals surface area contributed by atoms with Crippen LogP contribution in [0.25, 0.3) is 0 Å². The first-order chi connectivity index (χ1) is 12.8. The number of aromatic nitrogens is 1. The molecule has 0 saturated carbocycles. The average Bonchev–Trinajstić information content (AvgIpc) is 3.03. The highest BCUT2D eigenvalue weighted by molar-refractivity contribution is 5.98. The van der Waals surface area contributed by atoms with Crippen molar-refractivity contribution in [3.8, 4) is 11.5 Å². The first kappa shape index (κ1) is 20.3. The summed E-state index contributed by atoms with van der Waals surface area (Å²) in [5, 5.41) is 6.49. The van der Waals surface area contributed by atoms with Crippen LogP contribution in [0.15, 0.2) is 22.7 Å². The molecule has 0 aliphatic heterocycles.